The quantitative estimate of drug-likeness (QED) is 0.502. The van der Waals surface area contributed by atoms with Gasteiger partial charge in [0.15, 0.2) is 0 Å². The van der Waals surface area contributed by atoms with Crippen molar-refractivity contribution in [2.75, 3.05) is 13.2 Å². The Kier molecular flexibility index (Phi) is 4.70. The Hall–Kier alpha value is -0.650. The van der Waals surface area contributed by atoms with Crippen LogP contribution in [-0.4, -0.2) is 35.7 Å². The van der Waals surface area contributed by atoms with Crippen LogP contribution < -0.4 is 16.8 Å². The maximum Gasteiger partial charge on any atom is 0.235 e. The van der Waals surface area contributed by atoms with E-state index in [1.165, 1.54) is 0 Å². The van der Waals surface area contributed by atoms with Gasteiger partial charge < -0.3 is 21.9 Å². The maximum absolute atomic E-state index is 10.8. The van der Waals surface area contributed by atoms with Crippen LogP contribution in [0.3, 0.4) is 0 Å². The van der Waals surface area contributed by atoms with E-state index in [9.17, 15) is 9.90 Å². The van der Waals surface area contributed by atoms with Gasteiger partial charge in [-0.25, -0.2) is 0 Å². The van der Waals surface area contributed by atoms with Crippen molar-refractivity contribution in [1.82, 2.24) is 5.32 Å². The molecule has 1 unspecified atom stereocenters. The molecule has 1 aliphatic carbocycles. The summed E-state index contributed by atoms with van der Waals surface area (Å²) in [5.41, 5.74) is 10.4. The molecule has 94 valence electrons. The normalized spacial score (nSPS) is 32.3. The van der Waals surface area contributed by atoms with Gasteiger partial charge in [-0.1, -0.05) is 6.92 Å². The monoisotopic (exact) mass is 229 g/mol. The summed E-state index contributed by atoms with van der Waals surface area (Å²) in [6.45, 7) is 2.64. The zero-order valence-corrected chi connectivity index (χ0v) is 9.91. The third-order valence-corrected chi connectivity index (χ3v) is 3.60. The van der Waals surface area contributed by atoms with Gasteiger partial charge >= 0.3 is 0 Å². The van der Waals surface area contributed by atoms with E-state index in [-0.39, 0.29) is 12.1 Å². The molecule has 16 heavy (non-hydrogen) atoms. The highest BCUT2D eigenvalue weighted by molar-refractivity contribution is 5.79. The van der Waals surface area contributed by atoms with Gasteiger partial charge in [0.1, 0.15) is 0 Å². The first-order valence-corrected chi connectivity index (χ1v) is 5.90. The van der Waals surface area contributed by atoms with Crippen LogP contribution in [0.15, 0.2) is 0 Å². The molecular weight excluding hydrogens is 206 g/mol. The summed E-state index contributed by atoms with van der Waals surface area (Å²) in [6.07, 6.45) is 4.05. The van der Waals surface area contributed by atoms with Gasteiger partial charge in [-0.05, 0) is 31.6 Å². The van der Waals surface area contributed by atoms with Crippen LogP contribution >= 0.6 is 0 Å². The van der Waals surface area contributed by atoms with Crippen LogP contribution in [0.5, 0.6) is 0 Å². The molecule has 5 nitrogen and oxygen atoms in total. The number of carbonyl (C=O) groups is 1. The van der Waals surface area contributed by atoms with Crippen molar-refractivity contribution in [2.45, 2.75) is 44.2 Å². The predicted octanol–water partition coefficient (Wildman–Crippen LogP) is -0.670. The number of amides is 1. The van der Waals surface area contributed by atoms with Crippen LogP contribution in [-0.2, 0) is 4.79 Å². The molecule has 1 saturated carbocycles. The van der Waals surface area contributed by atoms with Gasteiger partial charge in [-0.2, -0.15) is 0 Å². The van der Waals surface area contributed by atoms with E-state index in [4.69, 9.17) is 11.5 Å². The summed E-state index contributed by atoms with van der Waals surface area (Å²) >= 11 is 0. The minimum Gasteiger partial charge on any atom is -0.394 e. The molecule has 1 amide bonds. The van der Waals surface area contributed by atoms with Crippen molar-refractivity contribution in [3.63, 3.8) is 0 Å². The Morgan fingerprint density at radius 2 is 2.12 bits per heavy atom. The molecule has 0 aromatic rings. The molecule has 6 N–H and O–H groups in total. The highest BCUT2D eigenvalue weighted by Crippen LogP contribution is 2.31. The molecule has 0 radical (unpaired) electrons. The second-order valence-electron chi connectivity index (χ2n) is 5.01. The molecule has 0 bridgehead atoms. The number of hydrogen-bond donors (Lipinski definition) is 4. The minimum absolute atomic E-state index is 0.0885. The molecule has 1 fully saturated rings. The van der Waals surface area contributed by atoms with Crippen molar-refractivity contribution in [2.24, 2.45) is 17.4 Å². The van der Waals surface area contributed by atoms with Gasteiger partial charge in [0.2, 0.25) is 5.91 Å². The standard InChI is InChI=1S/C11H23N3O2/c1-8-2-4-11(7-15,5-3-8)14-6-9(12)10(13)16/h8-9,14-15H,2-7,12H2,1H3,(H2,13,16). The number of primary amides is 1. The molecule has 5 heteroatoms. The Morgan fingerprint density at radius 3 is 2.56 bits per heavy atom. The number of aliphatic hydroxyl groups excluding tert-OH is 1. The van der Waals surface area contributed by atoms with E-state index >= 15 is 0 Å². The van der Waals surface area contributed by atoms with E-state index in [1.807, 2.05) is 0 Å². The molecule has 1 atom stereocenters. The summed E-state index contributed by atoms with van der Waals surface area (Å²) in [5.74, 6) is 0.205. The average molecular weight is 229 g/mol. The number of rotatable bonds is 5. The van der Waals surface area contributed by atoms with Gasteiger partial charge in [-0.15, -0.1) is 0 Å². The zero-order valence-electron chi connectivity index (χ0n) is 9.91. The summed E-state index contributed by atoms with van der Waals surface area (Å²) in [6, 6.07) is -0.678. The molecule has 0 saturated heterocycles. The molecule has 1 rings (SSSR count). The first-order valence-electron chi connectivity index (χ1n) is 5.90. The van der Waals surface area contributed by atoms with E-state index in [0.717, 1.165) is 25.7 Å². The zero-order chi connectivity index (χ0) is 12.2. The molecular formula is C11H23N3O2. The molecule has 0 aromatic heterocycles. The lowest BCUT2D eigenvalue weighted by Crippen LogP contribution is -2.56. The van der Waals surface area contributed by atoms with Crippen LogP contribution in [0.2, 0.25) is 0 Å². The minimum atomic E-state index is -0.678. The molecule has 0 aliphatic heterocycles. The number of nitrogens with one attached hydrogen (secondary N) is 1. The molecule has 0 heterocycles. The second-order valence-corrected chi connectivity index (χ2v) is 5.01. The van der Waals surface area contributed by atoms with E-state index in [2.05, 4.69) is 12.2 Å². The van der Waals surface area contributed by atoms with Crippen LogP contribution in [0.25, 0.3) is 0 Å². The first kappa shape index (κ1) is 13.4. The fraction of sp³-hybridized carbons (Fsp3) is 0.909. The van der Waals surface area contributed by atoms with Crippen LogP contribution in [0.1, 0.15) is 32.6 Å². The maximum atomic E-state index is 10.8. The Morgan fingerprint density at radius 1 is 1.56 bits per heavy atom. The van der Waals surface area contributed by atoms with Crippen molar-refractivity contribution in [1.29, 1.82) is 0 Å². The third kappa shape index (κ3) is 3.43. The average Bonchev–Trinajstić information content (AvgIpc) is 2.28. The van der Waals surface area contributed by atoms with Gasteiger partial charge in [0.05, 0.1) is 12.6 Å². The highest BCUT2D eigenvalue weighted by atomic mass is 16.3. The van der Waals surface area contributed by atoms with Crippen molar-refractivity contribution < 1.29 is 9.90 Å². The summed E-state index contributed by atoms with van der Waals surface area (Å²) < 4.78 is 0. The number of hydrogen-bond acceptors (Lipinski definition) is 4. The van der Waals surface area contributed by atoms with E-state index < -0.39 is 11.9 Å². The van der Waals surface area contributed by atoms with Crippen molar-refractivity contribution in [3.05, 3.63) is 0 Å². The van der Waals surface area contributed by atoms with E-state index in [1.54, 1.807) is 0 Å². The summed E-state index contributed by atoms with van der Waals surface area (Å²) in [4.78, 5) is 10.8. The lowest BCUT2D eigenvalue weighted by atomic mass is 9.77. The Labute approximate surface area is 96.6 Å². The SMILES string of the molecule is CC1CCC(CO)(NCC(N)C(N)=O)CC1. The number of carbonyl (C=O) groups excluding carboxylic acids is 1. The van der Waals surface area contributed by atoms with Gasteiger partial charge in [0, 0.05) is 12.1 Å². The smallest absolute Gasteiger partial charge is 0.235 e. The first-order chi connectivity index (χ1) is 7.49. The topological polar surface area (TPSA) is 101 Å². The van der Waals surface area contributed by atoms with E-state index in [0.29, 0.717) is 12.5 Å². The third-order valence-electron chi connectivity index (χ3n) is 3.60. The fourth-order valence-corrected chi connectivity index (χ4v) is 2.13. The Balaban J connectivity index is 2.45. The molecule has 1 aliphatic rings. The molecule has 0 spiro atoms. The lowest BCUT2D eigenvalue weighted by molar-refractivity contribution is -0.119. The van der Waals surface area contributed by atoms with Crippen LogP contribution in [0, 0.1) is 5.92 Å². The largest absolute Gasteiger partial charge is 0.394 e. The molecule has 0 aromatic carbocycles. The highest BCUT2D eigenvalue weighted by Gasteiger charge is 2.33. The predicted molar refractivity (Wildman–Crippen MR) is 62.6 cm³/mol. The lowest BCUT2D eigenvalue weighted by Gasteiger charge is -2.39. The fourth-order valence-electron chi connectivity index (χ4n) is 2.13. The van der Waals surface area contributed by atoms with Gasteiger partial charge in [-0.3, -0.25) is 4.79 Å². The van der Waals surface area contributed by atoms with Crippen LogP contribution in [0.4, 0.5) is 0 Å². The summed E-state index contributed by atoms with van der Waals surface area (Å²) in [7, 11) is 0. The number of nitrogens with two attached hydrogens (primary N) is 2. The Bertz CT molecular complexity index is 237. The second kappa shape index (κ2) is 5.61. The van der Waals surface area contributed by atoms with Crippen molar-refractivity contribution in [3.8, 4) is 0 Å². The van der Waals surface area contributed by atoms with Gasteiger partial charge in [0.25, 0.3) is 0 Å². The van der Waals surface area contributed by atoms with Crippen molar-refractivity contribution >= 4 is 5.91 Å². The summed E-state index contributed by atoms with van der Waals surface area (Å²) in [5, 5.41) is 12.7. The number of aliphatic hydroxyl groups is 1.